The first kappa shape index (κ1) is 23.6. The summed E-state index contributed by atoms with van der Waals surface area (Å²) in [6.07, 6.45) is 1.39. The third kappa shape index (κ3) is 8.00. The maximum atomic E-state index is 11.5. The number of nitrogens with one attached hydrogen (secondary N) is 2. The Hall–Kier alpha value is -1.42. The Balaban J connectivity index is 0.00000364. The van der Waals surface area contributed by atoms with Gasteiger partial charge in [0.2, 0.25) is 0 Å². The van der Waals surface area contributed by atoms with E-state index in [1.54, 1.807) is 18.0 Å². The molecule has 7 nitrogen and oxygen atoms in total. The van der Waals surface area contributed by atoms with Crippen LogP contribution in [0.1, 0.15) is 19.8 Å². The number of hydrogen-bond donors (Lipinski definition) is 2. The third-order valence-electron chi connectivity index (χ3n) is 4.18. The first-order valence-corrected chi connectivity index (χ1v) is 9.12. The molecule has 9 heteroatoms. The average molecular weight is 511 g/mol. The van der Waals surface area contributed by atoms with Crippen LogP contribution in [-0.4, -0.2) is 62.9 Å². The molecule has 0 bridgehead atoms. The zero-order valence-corrected chi connectivity index (χ0v) is 19.0. The van der Waals surface area contributed by atoms with Crippen LogP contribution in [0, 0.1) is 0 Å². The average Bonchev–Trinajstić information content (AvgIpc) is 2.65. The fourth-order valence-corrected chi connectivity index (χ4v) is 2.96. The summed E-state index contributed by atoms with van der Waals surface area (Å²) in [4.78, 5) is 17.5. The van der Waals surface area contributed by atoms with Crippen LogP contribution in [0.4, 0.5) is 4.79 Å². The molecule has 1 aliphatic rings. The summed E-state index contributed by atoms with van der Waals surface area (Å²) in [6.45, 7) is 3.94. The molecule has 0 saturated carbocycles. The first-order chi connectivity index (χ1) is 12.5. The van der Waals surface area contributed by atoms with E-state index in [1.807, 2.05) is 25.1 Å². The summed E-state index contributed by atoms with van der Waals surface area (Å²) in [7, 11) is 3.15. The number of methoxy groups -OCH3 is 1. The number of benzene rings is 1. The van der Waals surface area contributed by atoms with E-state index < -0.39 is 0 Å². The third-order valence-corrected chi connectivity index (χ3v) is 4.42. The summed E-state index contributed by atoms with van der Waals surface area (Å²) >= 11 is 5.97. The summed E-state index contributed by atoms with van der Waals surface area (Å²) < 4.78 is 10.6. The highest BCUT2D eigenvalue weighted by atomic mass is 127. The van der Waals surface area contributed by atoms with Crippen molar-refractivity contribution in [2.45, 2.75) is 31.9 Å². The van der Waals surface area contributed by atoms with Crippen molar-refractivity contribution in [2.75, 3.05) is 33.8 Å². The van der Waals surface area contributed by atoms with Crippen molar-refractivity contribution in [3.63, 3.8) is 0 Å². The van der Waals surface area contributed by atoms with E-state index in [0.29, 0.717) is 24.7 Å². The molecule has 2 rings (SSSR count). The topological polar surface area (TPSA) is 75.2 Å². The fraction of sp³-hybridized carbons (Fsp3) is 0.556. The van der Waals surface area contributed by atoms with Gasteiger partial charge in [0.05, 0.1) is 13.7 Å². The van der Waals surface area contributed by atoms with E-state index >= 15 is 0 Å². The van der Waals surface area contributed by atoms with Gasteiger partial charge in [-0.25, -0.2) is 4.79 Å². The number of halogens is 2. The molecule has 1 aliphatic heterocycles. The van der Waals surface area contributed by atoms with Crippen LogP contribution in [0.5, 0.6) is 5.75 Å². The Bertz CT molecular complexity index is 624. The number of nitrogens with zero attached hydrogens (tertiary/aromatic N) is 2. The number of hydrogen-bond acceptors (Lipinski definition) is 4. The van der Waals surface area contributed by atoms with Gasteiger partial charge in [0.25, 0.3) is 0 Å². The highest BCUT2D eigenvalue weighted by Crippen LogP contribution is 2.18. The number of carbonyl (C=O) groups is 1. The van der Waals surface area contributed by atoms with Gasteiger partial charge in [-0.3, -0.25) is 4.99 Å². The number of guanidine groups is 1. The minimum Gasteiger partial charge on any atom is -0.489 e. The molecule has 152 valence electrons. The van der Waals surface area contributed by atoms with E-state index in [-0.39, 0.29) is 42.2 Å². The standard InChI is InChI=1S/C18H27ClN4O3.HI/c1-13(26-16-6-4-5-14(19)11-16)12-21-17(20-2)22-15-7-9-23(10-8-15)18(24)25-3;/h4-6,11,13,15H,7-10,12H2,1-3H3,(H2,20,21,22);1H. The maximum Gasteiger partial charge on any atom is 0.409 e. The van der Waals surface area contributed by atoms with Crippen LogP contribution >= 0.6 is 35.6 Å². The molecule has 0 spiro atoms. The van der Waals surface area contributed by atoms with Gasteiger partial charge < -0.3 is 25.0 Å². The van der Waals surface area contributed by atoms with Crippen molar-refractivity contribution in [1.82, 2.24) is 15.5 Å². The quantitative estimate of drug-likeness (QED) is 0.362. The van der Waals surface area contributed by atoms with E-state index in [9.17, 15) is 4.79 Å². The largest absolute Gasteiger partial charge is 0.489 e. The van der Waals surface area contributed by atoms with Gasteiger partial charge in [-0.2, -0.15) is 0 Å². The number of rotatable bonds is 5. The van der Waals surface area contributed by atoms with Crippen molar-refractivity contribution in [1.29, 1.82) is 0 Å². The normalized spacial score (nSPS) is 16.1. The monoisotopic (exact) mass is 510 g/mol. The summed E-state index contributed by atoms with van der Waals surface area (Å²) in [5.74, 6) is 1.47. The van der Waals surface area contributed by atoms with E-state index in [2.05, 4.69) is 15.6 Å². The molecule has 1 heterocycles. The minimum absolute atomic E-state index is 0. The van der Waals surface area contributed by atoms with Crippen molar-refractivity contribution in [3.8, 4) is 5.75 Å². The lowest BCUT2D eigenvalue weighted by atomic mass is 10.1. The molecule has 0 aliphatic carbocycles. The zero-order chi connectivity index (χ0) is 18.9. The van der Waals surface area contributed by atoms with Crippen LogP contribution in [0.15, 0.2) is 29.3 Å². The van der Waals surface area contributed by atoms with Crippen LogP contribution in [0.3, 0.4) is 0 Å². The van der Waals surface area contributed by atoms with Crippen molar-refractivity contribution >= 4 is 47.6 Å². The first-order valence-electron chi connectivity index (χ1n) is 8.74. The Kier molecular flexibility index (Phi) is 10.6. The lowest BCUT2D eigenvalue weighted by Crippen LogP contribution is -2.50. The second-order valence-electron chi connectivity index (χ2n) is 6.21. The number of amides is 1. The Morgan fingerprint density at radius 1 is 1.41 bits per heavy atom. The molecule has 0 aromatic heterocycles. The van der Waals surface area contributed by atoms with E-state index in [4.69, 9.17) is 21.1 Å². The lowest BCUT2D eigenvalue weighted by molar-refractivity contribution is 0.111. The number of aliphatic imine (C=N–C) groups is 1. The molecule has 1 fully saturated rings. The second kappa shape index (κ2) is 12.1. The molecule has 0 radical (unpaired) electrons. The molecule has 1 unspecified atom stereocenters. The van der Waals surface area contributed by atoms with Crippen LogP contribution in [-0.2, 0) is 4.74 Å². The number of ether oxygens (including phenoxy) is 2. The Morgan fingerprint density at radius 3 is 2.70 bits per heavy atom. The highest BCUT2D eigenvalue weighted by Gasteiger charge is 2.23. The summed E-state index contributed by atoms with van der Waals surface area (Å²) in [5.41, 5.74) is 0. The Morgan fingerprint density at radius 2 is 2.11 bits per heavy atom. The van der Waals surface area contributed by atoms with Gasteiger partial charge in [-0.05, 0) is 38.0 Å². The number of likely N-dealkylation sites (tertiary alicyclic amines) is 1. The summed E-state index contributed by atoms with van der Waals surface area (Å²) in [5, 5.41) is 7.32. The van der Waals surface area contributed by atoms with Crippen molar-refractivity contribution in [2.24, 2.45) is 4.99 Å². The van der Waals surface area contributed by atoms with Crippen LogP contribution in [0.2, 0.25) is 5.02 Å². The molecule has 27 heavy (non-hydrogen) atoms. The van der Waals surface area contributed by atoms with Crippen LogP contribution in [0.25, 0.3) is 0 Å². The minimum atomic E-state index is -0.266. The van der Waals surface area contributed by atoms with Gasteiger partial charge >= 0.3 is 6.09 Å². The molecule has 1 aromatic carbocycles. The number of carbonyl (C=O) groups excluding carboxylic acids is 1. The van der Waals surface area contributed by atoms with Gasteiger partial charge in [0.15, 0.2) is 5.96 Å². The molecule has 1 saturated heterocycles. The molecule has 1 atom stereocenters. The fourth-order valence-electron chi connectivity index (χ4n) is 2.78. The predicted molar refractivity (Wildman–Crippen MR) is 118 cm³/mol. The van der Waals surface area contributed by atoms with Crippen LogP contribution < -0.4 is 15.4 Å². The summed E-state index contributed by atoms with van der Waals surface area (Å²) in [6, 6.07) is 7.62. The van der Waals surface area contributed by atoms with Gasteiger partial charge in [0, 0.05) is 31.2 Å². The van der Waals surface area contributed by atoms with Gasteiger partial charge in [-0.15, -0.1) is 24.0 Å². The Labute approximate surface area is 182 Å². The zero-order valence-electron chi connectivity index (χ0n) is 15.9. The molecule has 1 aromatic rings. The van der Waals surface area contributed by atoms with Crippen molar-refractivity contribution in [3.05, 3.63) is 29.3 Å². The highest BCUT2D eigenvalue weighted by molar-refractivity contribution is 14.0. The second-order valence-corrected chi connectivity index (χ2v) is 6.65. The van der Waals surface area contributed by atoms with Gasteiger partial charge in [0.1, 0.15) is 11.9 Å². The maximum absolute atomic E-state index is 11.5. The van der Waals surface area contributed by atoms with Gasteiger partial charge in [-0.1, -0.05) is 17.7 Å². The number of piperidine rings is 1. The SMILES string of the molecule is CN=C(NCC(C)Oc1cccc(Cl)c1)NC1CCN(C(=O)OC)CC1.I. The van der Waals surface area contributed by atoms with E-state index in [0.717, 1.165) is 24.6 Å². The van der Waals surface area contributed by atoms with Crippen molar-refractivity contribution < 1.29 is 14.3 Å². The molecular formula is C18H28ClIN4O3. The predicted octanol–water partition coefficient (Wildman–Crippen LogP) is 3.12. The lowest BCUT2D eigenvalue weighted by Gasteiger charge is -2.32. The van der Waals surface area contributed by atoms with E-state index in [1.165, 1.54) is 7.11 Å². The molecule has 1 amide bonds. The molecule has 2 N–H and O–H groups in total. The molecular weight excluding hydrogens is 483 g/mol. The smallest absolute Gasteiger partial charge is 0.409 e.